The van der Waals surface area contributed by atoms with Crippen molar-refractivity contribution in [1.29, 1.82) is 0 Å². The minimum absolute atomic E-state index is 0.0355. The first-order valence-electron chi connectivity index (χ1n) is 5.47. The van der Waals surface area contributed by atoms with Crippen LogP contribution in [0.3, 0.4) is 0 Å². The molecule has 0 spiro atoms. The molecule has 0 aromatic carbocycles. The van der Waals surface area contributed by atoms with Crippen molar-refractivity contribution in [2.45, 2.75) is 6.92 Å². The minimum Gasteiger partial charge on any atom is -0.464 e. The molecule has 7 nitrogen and oxygen atoms in total. The maximum Gasteiger partial charge on any atom is 0.357 e. The van der Waals surface area contributed by atoms with Gasteiger partial charge in [0.2, 0.25) is 10.0 Å². The monoisotopic (exact) mass is 307 g/mol. The lowest BCUT2D eigenvalue weighted by molar-refractivity contribution is 0.0594. The van der Waals surface area contributed by atoms with E-state index in [9.17, 15) is 13.2 Å². The molecule has 1 aromatic rings. The number of thiazole rings is 1. The fraction of sp³-hybridized carbons (Fsp3) is 0.600. The number of hydrogen-bond acceptors (Lipinski definition) is 7. The van der Waals surface area contributed by atoms with Gasteiger partial charge in [-0.25, -0.2) is 22.5 Å². The number of carbonyl (C=O) groups is 1. The number of aryl methyl sites for hydroxylation is 1. The topological polar surface area (TPSA) is 88.6 Å². The number of rotatable bonds is 6. The number of carbonyl (C=O) groups excluding carboxylic acids is 1. The van der Waals surface area contributed by atoms with Gasteiger partial charge < -0.3 is 10.1 Å². The Morgan fingerprint density at radius 3 is 2.63 bits per heavy atom. The van der Waals surface area contributed by atoms with Crippen molar-refractivity contribution in [3.63, 3.8) is 0 Å². The molecule has 0 saturated heterocycles. The van der Waals surface area contributed by atoms with Crippen molar-refractivity contribution in [3.8, 4) is 0 Å². The van der Waals surface area contributed by atoms with Gasteiger partial charge in [-0.2, -0.15) is 0 Å². The van der Waals surface area contributed by atoms with Gasteiger partial charge in [-0.15, -0.1) is 11.3 Å². The second kappa shape index (κ2) is 6.31. The first kappa shape index (κ1) is 15.9. The molecule has 1 heterocycles. The Labute approximate surface area is 116 Å². The number of nitrogens with one attached hydrogen (secondary N) is 1. The molecule has 1 N–H and O–H groups in total. The predicted octanol–water partition coefficient (Wildman–Crippen LogP) is 0.541. The molecule has 0 saturated carbocycles. The first-order valence-corrected chi connectivity index (χ1v) is 7.90. The molecule has 0 amide bonds. The Morgan fingerprint density at radius 2 is 2.11 bits per heavy atom. The van der Waals surface area contributed by atoms with E-state index in [-0.39, 0.29) is 18.0 Å². The Morgan fingerprint density at radius 1 is 1.47 bits per heavy atom. The first-order chi connectivity index (χ1) is 8.77. The number of aromatic nitrogens is 1. The smallest absolute Gasteiger partial charge is 0.357 e. The Hall–Kier alpha value is -1.19. The minimum atomic E-state index is -3.24. The van der Waals surface area contributed by atoms with E-state index in [0.29, 0.717) is 5.13 Å². The van der Waals surface area contributed by atoms with Crippen LogP contribution in [-0.2, 0) is 14.8 Å². The Balaban J connectivity index is 2.63. The van der Waals surface area contributed by atoms with Gasteiger partial charge in [0.15, 0.2) is 10.8 Å². The summed E-state index contributed by atoms with van der Waals surface area (Å²) in [6.45, 7) is 1.99. The third-order valence-electron chi connectivity index (χ3n) is 2.37. The molecule has 108 valence electrons. The molecule has 0 radical (unpaired) electrons. The molecule has 0 unspecified atom stereocenters. The summed E-state index contributed by atoms with van der Waals surface area (Å²) in [6.07, 6.45) is 0. The van der Waals surface area contributed by atoms with E-state index in [4.69, 9.17) is 0 Å². The van der Waals surface area contributed by atoms with E-state index < -0.39 is 16.0 Å². The molecule has 1 rings (SSSR count). The Kier molecular flexibility index (Phi) is 5.27. The maximum absolute atomic E-state index is 11.5. The van der Waals surface area contributed by atoms with Crippen LogP contribution in [0, 0.1) is 6.92 Å². The van der Waals surface area contributed by atoms with Gasteiger partial charge in [0.1, 0.15) is 0 Å². The van der Waals surface area contributed by atoms with Crippen LogP contribution in [0.25, 0.3) is 0 Å². The lowest BCUT2D eigenvalue weighted by Gasteiger charge is -2.10. The lowest BCUT2D eigenvalue weighted by Crippen LogP contribution is -2.28. The average molecular weight is 307 g/mol. The van der Waals surface area contributed by atoms with Gasteiger partial charge in [-0.3, -0.25) is 0 Å². The largest absolute Gasteiger partial charge is 0.464 e. The van der Waals surface area contributed by atoms with Gasteiger partial charge in [0, 0.05) is 25.5 Å². The van der Waals surface area contributed by atoms with Gasteiger partial charge in [0.25, 0.3) is 0 Å². The number of nitrogens with zero attached hydrogens (tertiary/aromatic N) is 2. The molecule has 0 bridgehead atoms. The van der Waals surface area contributed by atoms with E-state index in [1.54, 1.807) is 6.92 Å². The van der Waals surface area contributed by atoms with Crippen LogP contribution in [0.1, 0.15) is 15.4 Å². The van der Waals surface area contributed by atoms with Gasteiger partial charge in [0.05, 0.1) is 12.9 Å². The van der Waals surface area contributed by atoms with Crippen molar-refractivity contribution in [2.75, 3.05) is 38.8 Å². The second-order valence-electron chi connectivity index (χ2n) is 3.94. The number of ether oxygens (including phenoxy) is 1. The molecule has 0 aliphatic heterocycles. The van der Waals surface area contributed by atoms with Crippen LogP contribution in [0.5, 0.6) is 0 Å². The van der Waals surface area contributed by atoms with Crippen LogP contribution < -0.4 is 5.32 Å². The van der Waals surface area contributed by atoms with E-state index in [1.807, 2.05) is 0 Å². The van der Waals surface area contributed by atoms with Crippen LogP contribution in [0.4, 0.5) is 5.13 Å². The maximum atomic E-state index is 11.5. The SMILES string of the molecule is COC(=O)c1nc(NCCS(=O)(=O)N(C)C)sc1C. The Bertz CT molecular complexity index is 551. The standard InChI is InChI=1S/C10H17N3O4S2/c1-7-8(9(14)17-4)12-10(18-7)11-5-6-19(15,16)13(2)3/h5-6H2,1-4H3,(H,11,12). The fourth-order valence-electron chi connectivity index (χ4n) is 1.23. The summed E-state index contributed by atoms with van der Waals surface area (Å²) in [5, 5.41) is 3.40. The molecule has 0 aliphatic rings. The number of esters is 1. The lowest BCUT2D eigenvalue weighted by atomic mass is 10.4. The summed E-state index contributed by atoms with van der Waals surface area (Å²) in [5.74, 6) is -0.533. The van der Waals surface area contributed by atoms with Crippen LogP contribution in [0.15, 0.2) is 0 Å². The van der Waals surface area contributed by atoms with Crippen molar-refractivity contribution in [2.24, 2.45) is 0 Å². The zero-order chi connectivity index (χ0) is 14.6. The summed E-state index contributed by atoms with van der Waals surface area (Å²) in [7, 11) is 1.02. The van der Waals surface area contributed by atoms with Crippen LogP contribution in [-0.4, -0.2) is 57.2 Å². The summed E-state index contributed by atoms with van der Waals surface area (Å²) in [4.78, 5) is 16.2. The van der Waals surface area contributed by atoms with Gasteiger partial charge in [-0.1, -0.05) is 0 Å². The number of methoxy groups -OCH3 is 1. The summed E-state index contributed by atoms with van der Waals surface area (Å²) < 4.78 is 28.8. The van der Waals surface area contributed by atoms with E-state index in [0.717, 1.165) is 4.88 Å². The van der Waals surface area contributed by atoms with E-state index in [1.165, 1.54) is 36.8 Å². The highest BCUT2D eigenvalue weighted by molar-refractivity contribution is 7.89. The molecule has 19 heavy (non-hydrogen) atoms. The zero-order valence-electron chi connectivity index (χ0n) is 11.3. The molecule has 0 aliphatic carbocycles. The molecular formula is C10H17N3O4S2. The average Bonchev–Trinajstić information content (AvgIpc) is 2.69. The van der Waals surface area contributed by atoms with Crippen molar-refractivity contribution in [3.05, 3.63) is 10.6 Å². The third kappa shape index (κ3) is 4.15. The molecule has 1 aromatic heterocycles. The normalized spacial score (nSPS) is 11.6. The summed E-state index contributed by atoms with van der Waals surface area (Å²) >= 11 is 1.29. The molecule has 0 atom stereocenters. The van der Waals surface area contributed by atoms with Crippen molar-refractivity contribution >= 4 is 32.5 Å². The quantitative estimate of drug-likeness (QED) is 0.772. The number of hydrogen-bond donors (Lipinski definition) is 1. The molecule has 0 fully saturated rings. The highest BCUT2D eigenvalue weighted by Gasteiger charge is 2.17. The van der Waals surface area contributed by atoms with Gasteiger partial charge >= 0.3 is 5.97 Å². The zero-order valence-corrected chi connectivity index (χ0v) is 12.9. The van der Waals surface area contributed by atoms with Crippen LogP contribution >= 0.6 is 11.3 Å². The summed E-state index contributed by atoms with van der Waals surface area (Å²) in [5.41, 5.74) is 0.255. The van der Waals surface area contributed by atoms with Crippen molar-refractivity contribution < 1.29 is 17.9 Å². The van der Waals surface area contributed by atoms with E-state index in [2.05, 4.69) is 15.0 Å². The van der Waals surface area contributed by atoms with Gasteiger partial charge in [-0.05, 0) is 6.92 Å². The highest BCUT2D eigenvalue weighted by Crippen LogP contribution is 2.22. The predicted molar refractivity (Wildman–Crippen MR) is 74.2 cm³/mol. The number of sulfonamides is 1. The summed E-state index contributed by atoms with van der Waals surface area (Å²) in [6, 6.07) is 0. The highest BCUT2D eigenvalue weighted by atomic mass is 32.2. The van der Waals surface area contributed by atoms with Crippen LogP contribution in [0.2, 0.25) is 0 Å². The number of anilines is 1. The molecule has 9 heteroatoms. The molecular weight excluding hydrogens is 290 g/mol. The fourth-order valence-corrected chi connectivity index (χ4v) is 2.78. The van der Waals surface area contributed by atoms with E-state index >= 15 is 0 Å². The third-order valence-corrected chi connectivity index (χ3v) is 5.13. The second-order valence-corrected chi connectivity index (χ2v) is 7.45. The van der Waals surface area contributed by atoms with Crippen molar-refractivity contribution in [1.82, 2.24) is 9.29 Å².